The highest BCUT2D eigenvalue weighted by Crippen LogP contribution is 2.16. The lowest BCUT2D eigenvalue weighted by molar-refractivity contribution is 0.0334. The van der Waals surface area contributed by atoms with E-state index in [1.165, 1.54) is 6.20 Å². The molecule has 0 N–H and O–H groups in total. The number of aromatic nitrogens is 2. The molecule has 0 amide bonds. The van der Waals surface area contributed by atoms with Crippen LogP contribution in [0, 0.1) is 0 Å². The van der Waals surface area contributed by atoms with Gasteiger partial charge >= 0.3 is 5.97 Å². The van der Waals surface area contributed by atoms with Gasteiger partial charge in [0, 0.05) is 6.20 Å². The van der Waals surface area contributed by atoms with Gasteiger partial charge in [-0.05, 0) is 24.9 Å². The zero-order chi connectivity index (χ0) is 11.4. The third-order valence-corrected chi connectivity index (χ3v) is 2.29. The van der Waals surface area contributed by atoms with E-state index in [2.05, 4.69) is 9.97 Å². The van der Waals surface area contributed by atoms with E-state index in [1.807, 2.05) is 6.92 Å². The molecule has 1 rings (SSSR count). The normalized spacial score (nSPS) is 12.3. The molecule has 1 aromatic rings. The number of nitrogens with zero attached hydrogens (tertiary/aromatic N) is 2. The van der Waals surface area contributed by atoms with Crippen molar-refractivity contribution in [1.82, 2.24) is 9.97 Å². The predicted octanol–water partition coefficient (Wildman–Crippen LogP) is 2.74. The second kappa shape index (κ2) is 5.28. The first kappa shape index (κ1) is 12.2. The Morgan fingerprint density at radius 3 is 2.80 bits per heavy atom. The monoisotopic (exact) mass is 248 g/mol. The maximum Gasteiger partial charge on any atom is 0.343 e. The minimum atomic E-state index is -0.536. The van der Waals surface area contributed by atoms with Crippen molar-refractivity contribution >= 4 is 29.2 Å². The van der Waals surface area contributed by atoms with Gasteiger partial charge in [0.25, 0.3) is 0 Å². The second-order valence-corrected chi connectivity index (χ2v) is 3.66. The average molecular weight is 249 g/mol. The molecule has 1 unspecified atom stereocenters. The number of rotatable bonds is 3. The van der Waals surface area contributed by atoms with E-state index in [0.717, 1.165) is 6.42 Å². The Bertz CT molecular complexity index is 371. The Hall–Kier alpha value is -0.870. The van der Waals surface area contributed by atoms with Gasteiger partial charge in [0.15, 0.2) is 0 Å². The van der Waals surface area contributed by atoms with E-state index in [-0.39, 0.29) is 22.1 Å². The third kappa shape index (κ3) is 3.32. The number of carbonyl (C=O) groups excluding carboxylic acids is 1. The molecule has 82 valence electrons. The van der Waals surface area contributed by atoms with E-state index in [9.17, 15) is 4.79 Å². The quantitative estimate of drug-likeness (QED) is 0.469. The number of hydrogen-bond acceptors (Lipinski definition) is 4. The summed E-state index contributed by atoms with van der Waals surface area (Å²) in [5.74, 6) is -0.536. The van der Waals surface area contributed by atoms with Crippen LogP contribution in [0.25, 0.3) is 0 Å². The lowest BCUT2D eigenvalue weighted by atomic mass is 10.3. The van der Waals surface area contributed by atoms with Crippen molar-refractivity contribution < 1.29 is 9.53 Å². The molecule has 0 aromatic carbocycles. The average Bonchev–Trinajstić information content (AvgIpc) is 2.17. The van der Waals surface area contributed by atoms with Crippen LogP contribution in [-0.4, -0.2) is 22.0 Å². The zero-order valence-corrected chi connectivity index (χ0v) is 9.84. The summed E-state index contributed by atoms with van der Waals surface area (Å²) in [4.78, 5) is 18.8. The molecule has 0 radical (unpaired) electrons. The predicted molar refractivity (Wildman–Crippen MR) is 57.2 cm³/mol. The fourth-order valence-electron chi connectivity index (χ4n) is 0.808. The molecule has 0 bridgehead atoms. The molecule has 4 nitrogen and oxygen atoms in total. The minimum absolute atomic E-state index is 0.0000833. The van der Waals surface area contributed by atoms with E-state index in [1.54, 1.807) is 6.92 Å². The Morgan fingerprint density at radius 2 is 2.27 bits per heavy atom. The number of ether oxygens (including phenoxy) is 1. The standard InChI is InChI=1S/C9H10Cl2N2O2/c1-3-5(2)15-8(14)6-4-12-9(11)13-7(6)10/h4-5H,3H2,1-2H3. The SMILES string of the molecule is CCC(C)OC(=O)c1cnc(Cl)nc1Cl. The lowest BCUT2D eigenvalue weighted by Crippen LogP contribution is -2.15. The number of hydrogen-bond donors (Lipinski definition) is 0. The first-order valence-electron chi connectivity index (χ1n) is 4.43. The molecule has 0 saturated heterocycles. The molecular formula is C9H10Cl2N2O2. The van der Waals surface area contributed by atoms with Crippen molar-refractivity contribution in [3.05, 3.63) is 22.2 Å². The van der Waals surface area contributed by atoms with Crippen LogP contribution in [0.5, 0.6) is 0 Å². The van der Waals surface area contributed by atoms with Gasteiger partial charge in [-0.15, -0.1) is 0 Å². The van der Waals surface area contributed by atoms with Crippen molar-refractivity contribution in [3.63, 3.8) is 0 Å². The highest BCUT2D eigenvalue weighted by Gasteiger charge is 2.16. The zero-order valence-electron chi connectivity index (χ0n) is 8.33. The summed E-state index contributed by atoms with van der Waals surface area (Å²) in [5, 5.41) is 0.00314. The van der Waals surface area contributed by atoms with Crippen LogP contribution in [0.1, 0.15) is 30.6 Å². The molecule has 15 heavy (non-hydrogen) atoms. The van der Waals surface area contributed by atoms with Gasteiger partial charge in [0.1, 0.15) is 10.7 Å². The molecule has 6 heteroatoms. The lowest BCUT2D eigenvalue weighted by Gasteiger charge is -2.10. The van der Waals surface area contributed by atoms with Gasteiger partial charge in [-0.2, -0.15) is 0 Å². The van der Waals surface area contributed by atoms with Gasteiger partial charge in [-0.1, -0.05) is 18.5 Å². The number of carbonyl (C=O) groups is 1. The van der Waals surface area contributed by atoms with E-state index >= 15 is 0 Å². The molecule has 1 atom stereocenters. The van der Waals surface area contributed by atoms with Gasteiger partial charge in [-0.3, -0.25) is 0 Å². The molecule has 0 aliphatic rings. The molecule has 0 aliphatic carbocycles. The summed E-state index contributed by atoms with van der Waals surface area (Å²) in [6, 6.07) is 0. The maximum atomic E-state index is 11.5. The van der Waals surface area contributed by atoms with Crippen molar-refractivity contribution in [3.8, 4) is 0 Å². The van der Waals surface area contributed by atoms with Crippen molar-refractivity contribution in [2.45, 2.75) is 26.4 Å². The molecule has 0 fully saturated rings. The van der Waals surface area contributed by atoms with Crippen molar-refractivity contribution in [2.75, 3.05) is 0 Å². The highest BCUT2D eigenvalue weighted by molar-refractivity contribution is 6.33. The van der Waals surface area contributed by atoms with E-state index < -0.39 is 5.97 Å². The molecular weight excluding hydrogens is 239 g/mol. The summed E-state index contributed by atoms with van der Waals surface area (Å²) >= 11 is 11.2. The second-order valence-electron chi connectivity index (χ2n) is 2.97. The van der Waals surface area contributed by atoms with Crippen LogP contribution in [0.2, 0.25) is 10.4 Å². The maximum absolute atomic E-state index is 11.5. The molecule has 0 spiro atoms. The van der Waals surface area contributed by atoms with E-state index in [4.69, 9.17) is 27.9 Å². The summed E-state index contributed by atoms with van der Waals surface area (Å²) < 4.78 is 5.06. The first-order valence-corrected chi connectivity index (χ1v) is 5.19. The molecule has 0 aliphatic heterocycles. The highest BCUT2D eigenvalue weighted by atomic mass is 35.5. The minimum Gasteiger partial charge on any atom is -0.459 e. The van der Waals surface area contributed by atoms with E-state index in [0.29, 0.717) is 0 Å². The van der Waals surface area contributed by atoms with Crippen LogP contribution >= 0.6 is 23.2 Å². The molecule has 0 saturated carbocycles. The van der Waals surface area contributed by atoms with Crippen LogP contribution in [0.15, 0.2) is 6.20 Å². The van der Waals surface area contributed by atoms with Crippen molar-refractivity contribution in [2.24, 2.45) is 0 Å². The Balaban J connectivity index is 2.82. The van der Waals surface area contributed by atoms with Crippen LogP contribution < -0.4 is 0 Å². The number of esters is 1. The Kier molecular flexibility index (Phi) is 4.29. The first-order chi connectivity index (χ1) is 7.04. The molecule has 1 aromatic heterocycles. The fourth-order valence-corrected chi connectivity index (χ4v) is 1.19. The van der Waals surface area contributed by atoms with Crippen LogP contribution in [0.3, 0.4) is 0 Å². The summed E-state index contributed by atoms with van der Waals surface area (Å²) in [7, 11) is 0. The van der Waals surface area contributed by atoms with Crippen molar-refractivity contribution in [1.29, 1.82) is 0 Å². The van der Waals surface area contributed by atoms with Gasteiger partial charge in [0.05, 0.1) is 6.10 Å². The smallest absolute Gasteiger partial charge is 0.343 e. The Labute approximate surface area is 97.6 Å². The summed E-state index contributed by atoms with van der Waals surface area (Å²) in [6.45, 7) is 3.71. The summed E-state index contributed by atoms with van der Waals surface area (Å²) in [5.41, 5.74) is 0.126. The fraction of sp³-hybridized carbons (Fsp3) is 0.444. The Morgan fingerprint density at radius 1 is 1.60 bits per heavy atom. The van der Waals surface area contributed by atoms with Gasteiger partial charge < -0.3 is 4.74 Å². The van der Waals surface area contributed by atoms with Crippen LogP contribution in [-0.2, 0) is 4.74 Å². The summed E-state index contributed by atoms with van der Waals surface area (Å²) in [6.07, 6.45) is 1.82. The van der Waals surface area contributed by atoms with Gasteiger partial charge in [0.2, 0.25) is 5.28 Å². The van der Waals surface area contributed by atoms with Crippen LogP contribution in [0.4, 0.5) is 0 Å². The third-order valence-electron chi connectivity index (χ3n) is 1.82. The largest absolute Gasteiger partial charge is 0.459 e. The molecule has 1 heterocycles. The topological polar surface area (TPSA) is 52.1 Å². The number of halogens is 2. The van der Waals surface area contributed by atoms with Gasteiger partial charge in [-0.25, -0.2) is 14.8 Å².